The predicted octanol–water partition coefficient (Wildman–Crippen LogP) is 3.80. The molecule has 21 heavy (non-hydrogen) atoms. The molecule has 0 amide bonds. The molecule has 1 heterocycles. The average Bonchev–Trinajstić information content (AvgIpc) is 2.50. The van der Waals surface area contributed by atoms with Crippen molar-refractivity contribution in [2.24, 2.45) is 5.92 Å². The molecule has 1 N–H and O–H groups in total. The second-order valence-electron chi connectivity index (χ2n) is 5.63. The molecule has 2 aromatic rings. The summed E-state index contributed by atoms with van der Waals surface area (Å²) >= 11 is 0. The lowest BCUT2D eigenvalue weighted by Crippen LogP contribution is -2.12. The van der Waals surface area contributed by atoms with Crippen molar-refractivity contribution in [3.05, 3.63) is 59.9 Å². The summed E-state index contributed by atoms with van der Waals surface area (Å²) < 4.78 is 5.72. The van der Waals surface area contributed by atoms with Crippen LogP contribution in [0.3, 0.4) is 0 Å². The quantitative estimate of drug-likeness (QED) is 0.800. The van der Waals surface area contributed by atoms with Gasteiger partial charge in [0.1, 0.15) is 5.75 Å². The molecule has 0 saturated carbocycles. The first kappa shape index (κ1) is 15.5. The number of aromatic nitrogens is 1. The first-order valence-corrected chi connectivity index (χ1v) is 7.55. The van der Waals surface area contributed by atoms with Crippen LogP contribution >= 0.6 is 0 Å². The van der Waals surface area contributed by atoms with Gasteiger partial charge in [0.25, 0.3) is 0 Å². The maximum atomic E-state index is 5.72. The van der Waals surface area contributed by atoms with E-state index >= 15 is 0 Å². The fraction of sp³-hybridized carbons (Fsp3) is 0.389. The Hall–Kier alpha value is -1.87. The van der Waals surface area contributed by atoms with Crippen molar-refractivity contribution >= 4 is 0 Å². The number of rotatable bonds is 8. The van der Waals surface area contributed by atoms with Gasteiger partial charge >= 0.3 is 0 Å². The van der Waals surface area contributed by atoms with Gasteiger partial charge in [-0.15, -0.1) is 0 Å². The molecule has 0 radical (unpaired) electrons. The molecule has 0 aliphatic rings. The van der Waals surface area contributed by atoms with Crippen molar-refractivity contribution in [2.45, 2.75) is 33.4 Å². The molecular weight excluding hydrogens is 260 g/mol. The van der Waals surface area contributed by atoms with Gasteiger partial charge in [0.2, 0.25) is 0 Å². The molecule has 3 heteroatoms. The van der Waals surface area contributed by atoms with Gasteiger partial charge in [0, 0.05) is 25.5 Å². The van der Waals surface area contributed by atoms with E-state index in [2.05, 4.69) is 36.3 Å². The van der Waals surface area contributed by atoms with Crippen LogP contribution in [0.25, 0.3) is 0 Å². The lowest BCUT2D eigenvalue weighted by Gasteiger charge is -2.09. The first-order chi connectivity index (χ1) is 10.2. The number of nitrogens with one attached hydrogen (secondary N) is 1. The van der Waals surface area contributed by atoms with Crippen molar-refractivity contribution in [3.8, 4) is 5.75 Å². The molecule has 112 valence electrons. The molecule has 2 rings (SSSR count). The number of pyridine rings is 1. The van der Waals surface area contributed by atoms with Gasteiger partial charge < -0.3 is 10.1 Å². The third kappa shape index (κ3) is 5.96. The van der Waals surface area contributed by atoms with Crippen LogP contribution in [-0.4, -0.2) is 11.6 Å². The minimum Gasteiger partial charge on any atom is -0.494 e. The van der Waals surface area contributed by atoms with Crippen LogP contribution in [-0.2, 0) is 13.1 Å². The minimum atomic E-state index is 0.682. The number of hydrogen-bond acceptors (Lipinski definition) is 3. The summed E-state index contributed by atoms with van der Waals surface area (Å²) in [5.74, 6) is 1.63. The molecule has 0 saturated heterocycles. The van der Waals surface area contributed by atoms with Crippen LogP contribution in [0.4, 0.5) is 0 Å². The Morgan fingerprint density at radius 1 is 0.952 bits per heavy atom. The Morgan fingerprint density at radius 2 is 1.57 bits per heavy atom. The first-order valence-electron chi connectivity index (χ1n) is 7.55. The van der Waals surface area contributed by atoms with Crippen LogP contribution in [0.5, 0.6) is 5.75 Å². The molecule has 0 bridgehead atoms. The topological polar surface area (TPSA) is 34.1 Å². The number of benzene rings is 1. The van der Waals surface area contributed by atoms with Crippen LogP contribution in [0.1, 0.15) is 31.4 Å². The van der Waals surface area contributed by atoms with E-state index < -0.39 is 0 Å². The molecule has 0 aliphatic carbocycles. The molecule has 3 nitrogen and oxygen atoms in total. The third-order valence-electron chi connectivity index (χ3n) is 3.29. The summed E-state index contributed by atoms with van der Waals surface area (Å²) in [6.45, 7) is 6.92. The van der Waals surface area contributed by atoms with Crippen molar-refractivity contribution in [1.29, 1.82) is 0 Å². The Bertz CT molecular complexity index is 509. The van der Waals surface area contributed by atoms with Gasteiger partial charge in [-0.2, -0.15) is 0 Å². The van der Waals surface area contributed by atoms with Gasteiger partial charge in [0.15, 0.2) is 0 Å². The van der Waals surface area contributed by atoms with Crippen LogP contribution in [0.2, 0.25) is 0 Å². The maximum absolute atomic E-state index is 5.72. The highest BCUT2D eigenvalue weighted by molar-refractivity contribution is 5.27. The van der Waals surface area contributed by atoms with Gasteiger partial charge in [-0.1, -0.05) is 26.0 Å². The summed E-state index contributed by atoms with van der Waals surface area (Å²) in [5, 5.41) is 3.43. The maximum Gasteiger partial charge on any atom is 0.119 e. The standard InChI is InChI=1S/C18H24N2O/c1-15(2)9-12-21-18-5-3-16(4-6-18)13-20-14-17-7-10-19-11-8-17/h3-8,10-11,15,20H,9,12-14H2,1-2H3. The van der Waals surface area contributed by atoms with Crippen molar-refractivity contribution in [1.82, 2.24) is 10.3 Å². The number of hydrogen-bond donors (Lipinski definition) is 1. The van der Waals surface area contributed by atoms with Gasteiger partial charge in [0.05, 0.1) is 6.61 Å². The molecular formula is C18H24N2O. The summed E-state index contributed by atoms with van der Waals surface area (Å²) in [7, 11) is 0. The van der Waals surface area contributed by atoms with E-state index in [-0.39, 0.29) is 0 Å². The minimum absolute atomic E-state index is 0.682. The fourth-order valence-electron chi connectivity index (χ4n) is 1.97. The van der Waals surface area contributed by atoms with E-state index in [1.54, 1.807) is 0 Å². The molecule has 0 aliphatic heterocycles. The van der Waals surface area contributed by atoms with Gasteiger partial charge in [-0.3, -0.25) is 4.98 Å². The van der Waals surface area contributed by atoms with Crippen LogP contribution < -0.4 is 10.1 Å². The van der Waals surface area contributed by atoms with E-state index in [0.717, 1.165) is 31.9 Å². The normalized spacial score (nSPS) is 10.8. The molecule has 0 atom stereocenters. The highest BCUT2D eigenvalue weighted by atomic mass is 16.5. The summed E-state index contributed by atoms with van der Waals surface area (Å²) in [6, 6.07) is 12.4. The molecule has 0 unspecified atom stereocenters. The monoisotopic (exact) mass is 284 g/mol. The lowest BCUT2D eigenvalue weighted by molar-refractivity contribution is 0.289. The SMILES string of the molecule is CC(C)CCOc1ccc(CNCc2ccncc2)cc1. The summed E-state index contributed by atoms with van der Waals surface area (Å²) in [4.78, 5) is 4.01. The Morgan fingerprint density at radius 3 is 2.19 bits per heavy atom. The largest absolute Gasteiger partial charge is 0.494 e. The lowest BCUT2D eigenvalue weighted by atomic mass is 10.1. The molecule has 1 aromatic carbocycles. The van der Waals surface area contributed by atoms with E-state index in [1.807, 2.05) is 36.7 Å². The highest BCUT2D eigenvalue weighted by Crippen LogP contribution is 2.13. The van der Waals surface area contributed by atoms with Crippen LogP contribution in [0.15, 0.2) is 48.8 Å². The Labute approximate surface area is 127 Å². The van der Waals surface area contributed by atoms with Crippen molar-refractivity contribution in [2.75, 3.05) is 6.61 Å². The zero-order chi connectivity index (χ0) is 14.9. The average molecular weight is 284 g/mol. The number of nitrogens with zero attached hydrogens (tertiary/aromatic N) is 1. The molecule has 1 aromatic heterocycles. The van der Waals surface area contributed by atoms with Crippen molar-refractivity contribution < 1.29 is 4.74 Å². The zero-order valence-corrected chi connectivity index (χ0v) is 12.9. The number of ether oxygens (including phenoxy) is 1. The van der Waals surface area contributed by atoms with Gasteiger partial charge in [-0.25, -0.2) is 0 Å². The summed E-state index contributed by atoms with van der Waals surface area (Å²) in [5.41, 5.74) is 2.51. The Balaban J connectivity index is 1.72. The highest BCUT2D eigenvalue weighted by Gasteiger charge is 1.98. The third-order valence-corrected chi connectivity index (χ3v) is 3.29. The molecule has 0 fully saturated rings. The van der Waals surface area contributed by atoms with Crippen molar-refractivity contribution in [3.63, 3.8) is 0 Å². The molecule has 0 spiro atoms. The summed E-state index contributed by atoms with van der Waals surface area (Å²) in [6.07, 6.45) is 4.73. The van der Waals surface area contributed by atoms with Crippen LogP contribution in [0, 0.1) is 5.92 Å². The zero-order valence-electron chi connectivity index (χ0n) is 12.9. The van der Waals surface area contributed by atoms with E-state index in [0.29, 0.717) is 5.92 Å². The van der Waals surface area contributed by atoms with Gasteiger partial charge in [-0.05, 0) is 47.7 Å². The Kier molecular flexibility index (Phi) is 6.22. The predicted molar refractivity (Wildman–Crippen MR) is 86.2 cm³/mol. The smallest absolute Gasteiger partial charge is 0.119 e. The van der Waals surface area contributed by atoms with E-state index in [4.69, 9.17) is 4.74 Å². The second-order valence-corrected chi connectivity index (χ2v) is 5.63. The second kappa shape index (κ2) is 8.42. The van der Waals surface area contributed by atoms with E-state index in [9.17, 15) is 0 Å². The fourth-order valence-corrected chi connectivity index (χ4v) is 1.97. The van der Waals surface area contributed by atoms with E-state index in [1.165, 1.54) is 11.1 Å².